The average Bonchev–Trinajstić information content (AvgIpc) is 3.23. The van der Waals surface area contributed by atoms with Crippen LogP contribution in [0.3, 0.4) is 0 Å². The molecule has 5 aromatic rings. The zero-order chi connectivity index (χ0) is 20.5. The Morgan fingerprint density at radius 1 is 0.667 bits per heavy atom. The number of hydrogen-bond acceptors (Lipinski definition) is 2. The van der Waals surface area contributed by atoms with Crippen LogP contribution >= 0.6 is 0 Å². The van der Waals surface area contributed by atoms with Gasteiger partial charge in [-0.15, -0.1) is 0 Å². The summed E-state index contributed by atoms with van der Waals surface area (Å²) in [4.78, 5) is 11.1. The van der Waals surface area contributed by atoms with Crippen molar-refractivity contribution in [3.05, 3.63) is 119 Å². The number of hydrogen-bond donors (Lipinski definition) is 0. The molecule has 0 bridgehead atoms. The fourth-order valence-electron chi connectivity index (χ4n) is 3.84. The number of fused-ring (bicyclic) bond motifs is 1. The number of rotatable bonds is 4. The summed E-state index contributed by atoms with van der Waals surface area (Å²) in [6.07, 6.45) is 2.03. The minimum absolute atomic E-state index is 0.113. The first kappa shape index (κ1) is 17.9. The van der Waals surface area contributed by atoms with Gasteiger partial charge in [0.15, 0.2) is 0 Å². The van der Waals surface area contributed by atoms with Crippen molar-refractivity contribution in [2.45, 2.75) is 0 Å². The molecule has 0 spiro atoms. The SMILES string of the molecule is O=[N+]([O-])c1ccccc1-c1ccc2ccn(-c3ccc(-c4ccccc4)cc3)c2c1. The maximum Gasteiger partial charge on any atom is 0.277 e. The molecule has 0 aliphatic rings. The van der Waals surface area contributed by atoms with Gasteiger partial charge in [-0.05, 0) is 52.4 Å². The van der Waals surface area contributed by atoms with Crippen molar-refractivity contribution in [3.63, 3.8) is 0 Å². The number of nitro groups is 1. The number of benzene rings is 4. The molecule has 4 aromatic carbocycles. The lowest BCUT2D eigenvalue weighted by Crippen LogP contribution is -1.94. The highest BCUT2D eigenvalue weighted by Crippen LogP contribution is 2.33. The van der Waals surface area contributed by atoms with E-state index < -0.39 is 0 Å². The van der Waals surface area contributed by atoms with Gasteiger partial charge in [0.25, 0.3) is 5.69 Å². The molecule has 0 N–H and O–H groups in total. The van der Waals surface area contributed by atoms with Crippen LogP contribution in [0.5, 0.6) is 0 Å². The summed E-state index contributed by atoms with van der Waals surface area (Å²) in [6, 6.07) is 33.6. The van der Waals surface area contributed by atoms with E-state index in [0.29, 0.717) is 5.56 Å². The van der Waals surface area contributed by atoms with Gasteiger partial charge in [-0.1, -0.05) is 66.7 Å². The van der Waals surface area contributed by atoms with Crippen LogP contribution < -0.4 is 0 Å². The zero-order valence-corrected chi connectivity index (χ0v) is 16.1. The van der Waals surface area contributed by atoms with E-state index >= 15 is 0 Å². The van der Waals surface area contributed by atoms with Crippen molar-refractivity contribution >= 4 is 16.6 Å². The molecule has 0 amide bonds. The van der Waals surface area contributed by atoms with Crippen molar-refractivity contribution in [1.29, 1.82) is 0 Å². The topological polar surface area (TPSA) is 48.1 Å². The van der Waals surface area contributed by atoms with Gasteiger partial charge in [0.2, 0.25) is 0 Å². The molecule has 30 heavy (non-hydrogen) atoms. The maximum absolute atomic E-state index is 11.4. The molecular weight excluding hydrogens is 372 g/mol. The largest absolute Gasteiger partial charge is 0.317 e. The summed E-state index contributed by atoms with van der Waals surface area (Å²) in [5.41, 5.74) is 5.97. The number of nitro benzene ring substituents is 1. The molecule has 0 aliphatic heterocycles. The van der Waals surface area contributed by atoms with Crippen LogP contribution in [0.1, 0.15) is 0 Å². The quantitative estimate of drug-likeness (QED) is 0.248. The second kappa shape index (κ2) is 7.33. The van der Waals surface area contributed by atoms with E-state index in [-0.39, 0.29) is 10.6 Å². The minimum atomic E-state index is -0.332. The van der Waals surface area contributed by atoms with Gasteiger partial charge in [0.1, 0.15) is 0 Å². The van der Waals surface area contributed by atoms with Crippen LogP contribution in [-0.2, 0) is 0 Å². The first-order valence-corrected chi connectivity index (χ1v) is 9.71. The third-order valence-electron chi connectivity index (χ3n) is 5.36. The summed E-state index contributed by atoms with van der Waals surface area (Å²) < 4.78 is 2.11. The van der Waals surface area contributed by atoms with Crippen molar-refractivity contribution < 1.29 is 4.92 Å². The van der Waals surface area contributed by atoms with Gasteiger partial charge in [0.05, 0.1) is 16.0 Å². The van der Waals surface area contributed by atoms with Gasteiger partial charge in [-0.2, -0.15) is 0 Å². The Bertz CT molecular complexity index is 1350. The van der Waals surface area contributed by atoms with Crippen LogP contribution in [0.2, 0.25) is 0 Å². The lowest BCUT2D eigenvalue weighted by molar-refractivity contribution is -0.384. The van der Waals surface area contributed by atoms with E-state index in [1.807, 2.05) is 48.7 Å². The van der Waals surface area contributed by atoms with Crippen LogP contribution in [0.25, 0.3) is 38.8 Å². The monoisotopic (exact) mass is 390 g/mol. The van der Waals surface area contributed by atoms with Crippen LogP contribution in [-0.4, -0.2) is 9.49 Å². The van der Waals surface area contributed by atoms with E-state index in [0.717, 1.165) is 27.7 Å². The summed E-state index contributed by atoms with van der Waals surface area (Å²) in [5, 5.41) is 12.5. The van der Waals surface area contributed by atoms with E-state index in [1.54, 1.807) is 18.2 Å². The predicted octanol–water partition coefficient (Wildman–Crippen LogP) is 6.87. The standard InChI is InChI=1S/C26H18N2O2/c29-28(30)25-9-5-4-8-24(25)22-11-10-21-16-17-27(26(21)18-22)23-14-12-20(13-15-23)19-6-2-1-3-7-19/h1-18H. The van der Waals surface area contributed by atoms with Crippen LogP contribution in [0.15, 0.2) is 109 Å². The Morgan fingerprint density at radius 3 is 2.10 bits per heavy atom. The first-order valence-electron chi connectivity index (χ1n) is 9.71. The Kier molecular flexibility index (Phi) is 4.37. The average molecular weight is 390 g/mol. The molecule has 0 saturated heterocycles. The Balaban J connectivity index is 1.58. The third-order valence-corrected chi connectivity index (χ3v) is 5.36. The van der Waals surface area contributed by atoms with Crippen molar-refractivity contribution in [2.24, 2.45) is 0 Å². The Hall–Kier alpha value is -4.18. The second-order valence-corrected chi connectivity index (χ2v) is 7.15. The number of aromatic nitrogens is 1. The normalized spacial score (nSPS) is 10.9. The number of nitrogens with zero attached hydrogens (tertiary/aromatic N) is 2. The summed E-state index contributed by atoms with van der Waals surface area (Å²) in [7, 11) is 0. The molecule has 0 radical (unpaired) electrons. The van der Waals surface area contributed by atoms with Crippen LogP contribution in [0, 0.1) is 10.1 Å². The molecule has 4 heteroatoms. The van der Waals surface area contributed by atoms with Gasteiger partial charge >= 0.3 is 0 Å². The van der Waals surface area contributed by atoms with Gasteiger partial charge in [0, 0.05) is 18.0 Å². The van der Waals surface area contributed by atoms with E-state index in [4.69, 9.17) is 0 Å². The predicted molar refractivity (Wildman–Crippen MR) is 121 cm³/mol. The molecular formula is C26H18N2O2. The lowest BCUT2D eigenvalue weighted by Gasteiger charge is -2.09. The second-order valence-electron chi connectivity index (χ2n) is 7.15. The fourth-order valence-corrected chi connectivity index (χ4v) is 3.84. The maximum atomic E-state index is 11.4. The summed E-state index contributed by atoms with van der Waals surface area (Å²) in [6.45, 7) is 0. The summed E-state index contributed by atoms with van der Waals surface area (Å²) in [5.74, 6) is 0. The highest BCUT2D eigenvalue weighted by Gasteiger charge is 2.15. The Morgan fingerprint density at radius 2 is 1.33 bits per heavy atom. The fraction of sp³-hybridized carbons (Fsp3) is 0. The molecule has 0 fully saturated rings. The Labute approximate surface area is 173 Å². The number of para-hydroxylation sites is 1. The minimum Gasteiger partial charge on any atom is -0.317 e. The molecule has 4 nitrogen and oxygen atoms in total. The molecule has 5 rings (SSSR count). The summed E-state index contributed by atoms with van der Waals surface area (Å²) >= 11 is 0. The zero-order valence-electron chi connectivity index (χ0n) is 16.1. The van der Waals surface area contributed by atoms with Crippen LogP contribution in [0.4, 0.5) is 5.69 Å². The van der Waals surface area contributed by atoms with E-state index in [9.17, 15) is 10.1 Å². The van der Waals surface area contributed by atoms with Crippen molar-refractivity contribution in [3.8, 4) is 27.9 Å². The highest BCUT2D eigenvalue weighted by molar-refractivity contribution is 5.88. The third kappa shape index (κ3) is 3.14. The molecule has 0 saturated carbocycles. The lowest BCUT2D eigenvalue weighted by atomic mass is 10.0. The molecule has 144 valence electrons. The highest BCUT2D eigenvalue weighted by atomic mass is 16.6. The van der Waals surface area contributed by atoms with Crippen molar-refractivity contribution in [1.82, 2.24) is 4.57 Å². The molecule has 0 unspecified atom stereocenters. The molecule has 0 atom stereocenters. The molecule has 0 aliphatic carbocycles. The smallest absolute Gasteiger partial charge is 0.277 e. The van der Waals surface area contributed by atoms with Gasteiger partial charge < -0.3 is 4.57 Å². The molecule has 1 heterocycles. The van der Waals surface area contributed by atoms with Crippen molar-refractivity contribution in [2.75, 3.05) is 0 Å². The van der Waals surface area contributed by atoms with Gasteiger partial charge in [-0.25, -0.2) is 0 Å². The first-order chi connectivity index (χ1) is 14.7. The van der Waals surface area contributed by atoms with E-state index in [1.165, 1.54) is 5.56 Å². The molecule has 1 aromatic heterocycles. The van der Waals surface area contributed by atoms with E-state index in [2.05, 4.69) is 47.0 Å². The van der Waals surface area contributed by atoms with Gasteiger partial charge in [-0.3, -0.25) is 10.1 Å².